The van der Waals surface area contributed by atoms with Crippen molar-refractivity contribution in [3.63, 3.8) is 0 Å². The lowest BCUT2D eigenvalue weighted by molar-refractivity contribution is 0.289. The summed E-state index contributed by atoms with van der Waals surface area (Å²) in [6.45, 7) is 8.92. The highest BCUT2D eigenvalue weighted by atomic mass is 16.5. The molecule has 114 valence electrons. The summed E-state index contributed by atoms with van der Waals surface area (Å²) in [5.74, 6) is 0.952. The van der Waals surface area contributed by atoms with Crippen molar-refractivity contribution in [2.24, 2.45) is 0 Å². The van der Waals surface area contributed by atoms with E-state index in [0.29, 0.717) is 12.6 Å². The zero-order valence-corrected chi connectivity index (χ0v) is 13.2. The van der Waals surface area contributed by atoms with Gasteiger partial charge in [-0.1, -0.05) is 19.1 Å². The molecular weight excluding hydrogens is 262 g/mol. The van der Waals surface area contributed by atoms with Crippen molar-refractivity contribution in [3.8, 4) is 5.75 Å². The van der Waals surface area contributed by atoms with E-state index in [4.69, 9.17) is 4.74 Å². The van der Waals surface area contributed by atoms with E-state index < -0.39 is 0 Å². The Hall–Kier alpha value is -1.81. The zero-order valence-electron chi connectivity index (χ0n) is 13.2. The van der Waals surface area contributed by atoms with E-state index in [9.17, 15) is 0 Å². The Kier molecular flexibility index (Phi) is 5.81. The monoisotopic (exact) mass is 287 g/mol. The van der Waals surface area contributed by atoms with Crippen LogP contribution in [0.5, 0.6) is 5.75 Å². The second-order valence-corrected chi connectivity index (χ2v) is 5.32. The van der Waals surface area contributed by atoms with E-state index in [0.717, 1.165) is 25.3 Å². The molecule has 1 N–H and O–H groups in total. The van der Waals surface area contributed by atoms with Crippen LogP contribution >= 0.6 is 0 Å². The van der Waals surface area contributed by atoms with Gasteiger partial charge in [0, 0.05) is 18.4 Å². The smallest absolute Gasteiger partial charge is 0.122 e. The van der Waals surface area contributed by atoms with E-state index in [1.165, 1.54) is 11.1 Å². The minimum atomic E-state index is 0.377. The predicted octanol–water partition coefficient (Wildman–Crippen LogP) is 3.33. The van der Waals surface area contributed by atoms with Gasteiger partial charge in [0.05, 0.1) is 6.54 Å². The van der Waals surface area contributed by atoms with Crippen LogP contribution in [-0.4, -0.2) is 22.9 Å². The number of aryl methyl sites for hydroxylation is 1. The average Bonchev–Trinajstić information content (AvgIpc) is 2.99. The van der Waals surface area contributed by atoms with Crippen LogP contribution in [0.3, 0.4) is 0 Å². The molecule has 0 saturated carbocycles. The zero-order chi connectivity index (χ0) is 15.1. The number of rotatable bonds is 8. The van der Waals surface area contributed by atoms with Crippen molar-refractivity contribution in [1.29, 1.82) is 0 Å². The van der Waals surface area contributed by atoms with Crippen molar-refractivity contribution in [1.82, 2.24) is 15.1 Å². The van der Waals surface area contributed by atoms with Crippen LogP contribution in [0.15, 0.2) is 36.7 Å². The van der Waals surface area contributed by atoms with Crippen molar-refractivity contribution in [2.75, 3.05) is 13.2 Å². The topological polar surface area (TPSA) is 39.1 Å². The van der Waals surface area contributed by atoms with Gasteiger partial charge in [-0.3, -0.25) is 4.68 Å². The third-order valence-electron chi connectivity index (χ3n) is 3.54. The van der Waals surface area contributed by atoms with Gasteiger partial charge in [-0.2, -0.15) is 5.10 Å². The highest BCUT2D eigenvalue weighted by Crippen LogP contribution is 2.22. The molecule has 2 rings (SSSR count). The van der Waals surface area contributed by atoms with E-state index in [1.54, 1.807) is 6.20 Å². The molecule has 0 fully saturated rings. The summed E-state index contributed by atoms with van der Waals surface area (Å²) in [7, 11) is 0. The molecule has 0 amide bonds. The fourth-order valence-electron chi connectivity index (χ4n) is 2.26. The van der Waals surface area contributed by atoms with Crippen LogP contribution in [0.4, 0.5) is 0 Å². The molecule has 1 heterocycles. The van der Waals surface area contributed by atoms with E-state index in [2.05, 4.69) is 49.4 Å². The highest BCUT2D eigenvalue weighted by Gasteiger charge is 2.07. The maximum Gasteiger partial charge on any atom is 0.122 e. The minimum Gasteiger partial charge on any atom is -0.491 e. The van der Waals surface area contributed by atoms with Gasteiger partial charge in [-0.25, -0.2) is 0 Å². The number of benzene rings is 1. The Morgan fingerprint density at radius 2 is 2.24 bits per heavy atom. The van der Waals surface area contributed by atoms with Crippen LogP contribution in [0, 0.1) is 6.92 Å². The van der Waals surface area contributed by atoms with Crippen LogP contribution in [-0.2, 0) is 6.54 Å². The van der Waals surface area contributed by atoms with Crippen molar-refractivity contribution in [3.05, 3.63) is 47.8 Å². The third-order valence-corrected chi connectivity index (χ3v) is 3.54. The second-order valence-electron chi connectivity index (χ2n) is 5.32. The Bertz CT molecular complexity index is 537. The molecule has 0 saturated heterocycles. The van der Waals surface area contributed by atoms with Gasteiger partial charge >= 0.3 is 0 Å². The summed E-state index contributed by atoms with van der Waals surface area (Å²) < 4.78 is 7.72. The molecule has 0 aliphatic carbocycles. The number of nitrogens with zero attached hydrogens (tertiary/aromatic N) is 2. The fourth-order valence-corrected chi connectivity index (χ4v) is 2.26. The molecule has 1 unspecified atom stereocenters. The first-order valence-electron chi connectivity index (χ1n) is 7.65. The first-order chi connectivity index (χ1) is 10.2. The lowest BCUT2D eigenvalue weighted by Crippen LogP contribution is -2.19. The van der Waals surface area contributed by atoms with Gasteiger partial charge in [-0.15, -0.1) is 0 Å². The van der Waals surface area contributed by atoms with Crippen LogP contribution < -0.4 is 10.1 Å². The molecule has 1 aromatic carbocycles. The normalized spacial score (nSPS) is 12.3. The van der Waals surface area contributed by atoms with Gasteiger partial charge in [0.15, 0.2) is 0 Å². The van der Waals surface area contributed by atoms with Gasteiger partial charge in [-0.05, 0) is 50.1 Å². The Balaban J connectivity index is 1.89. The molecular formula is C17H25N3O. The summed E-state index contributed by atoms with van der Waals surface area (Å²) in [5, 5.41) is 7.67. The third kappa shape index (κ3) is 4.60. The van der Waals surface area contributed by atoms with Gasteiger partial charge in [0.2, 0.25) is 0 Å². The Morgan fingerprint density at radius 1 is 1.38 bits per heavy atom. The fraction of sp³-hybridized carbons (Fsp3) is 0.471. The summed E-state index contributed by atoms with van der Waals surface area (Å²) >= 11 is 0. The van der Waals surface area contributed by atoms with Crippen LogP contribution in [0.1, 0.15) is 37.4 Å². The molecule has 0 aliphatic heterocycles. The molecule has 0 bridgehead atoms. The van der Waals surface area contributed by atoms with Crippen molar-refractivity contribution < 1.29 is 4.74 Å². The average molecular weight is 287 g/mol. The van der Waals surface area contributed by atoms with Crippen molar-refractivity contribution in [2.45, 2.75) is 39.8 Å². The number of hydrogen-bond donors (Lipinski definition) is 1. The number of nitrogens with one attached hydrogen (secondary N) is 1. The molecule has 0 aliphatic rings. The van der Waals surface area contributed by atoms with Gasteiger partial charge in [0.25, 0.3) is 0 Å². The molecule has 4 heteroatoms. The van der Waals surface area contributed by atoms with Crippen molar-refractivity contribution >= 4 is 0 Å². The molecule has 1 atom stereocenters. The highest BCUT2D eigenvalue weighted by molar-refractivity contribution is 5.37. The lowest BCUT2D eigenvalue weighted by Gasteiger charge is -2.16. The minimum absolute atomic E-state index is 0.377. The molecule has 0 spiro atoms. The number of ether oxygens (including phenoxy) is 1. The maximum atomic E-state index is 5.84. The van der Waals surface area contributed by atoms with Crippen LogP contribution in [0.2, 0.25) is 0 Å². The number of aromatic nitrogens is 2. The SMILES string of the molecule is CCCNC(C)c1ccc(OCCn2cccn2)c(C)c1. The molecule has 4 nitrogen and oxygen atoms in total. The molecule has 2 aromatic rings. The summed E-state index contributed by atoms with van der Waals surface area (Å²) in [5.41, 5.74) is 2.48. The first-order valence-corrected chi connectivity index (χ1v) is 7.65. The van der Waals surface area contributed by atoms with E-state index in [-0.39, 0.29) is 0 Å². The van der Waals surface area contributed by atoms with E-state index >= 15 is 0 Å². The number of hydrogen-bond acceptors (Lipinski definition) is 3. The maximum absolute atomic E-state index is 5.84. The van der Waals surface area contributed by atoms with Gasteiger partial charge in [0.1, 0.15) is 12.4 Å². The largest absolute Gasteiger partial charge is 0.491 e. The summed E-state index contributed by atoms with van der Waals surface area (Å²) in [6.07, 6.45) is 4.88. The summed E-state index contributed by atoms with van der Waals surface area (Å²) in [6, 6.07) is 8.71. The second kappa shape index (κ2) is 7.84. The predicted molar refractivity (Wildman–Crippen MR) is 85.6 cm³/mol. The van der Waals surface area contributed by atoms with E-state index in [1.807, 2.05) is 16.9 Å². The quantitative estimate of drug-likeness (QED) is 0.809. The lowest BCUT2D eigenvalue weighted by atomic mass is 10.0. The van der Waals surface area contributed by atoms with Crippen LogP contribution in [0.25, 0.3) is 0 Å². The first kappa shape index (κ1) is 15.6. The molecule has 1 aromatic heterocycles. The van der Waals surface area contributed by atoms with Gasteiger partial charge < -0.3 is 10.1 Å². The Labute approximate surface area is 127 Å². The molecule has 0 radical (unpaired) electrons. The Morgan fingerprint density at radius 3 is 2.90 bits per heavy atom. The standard InChI is InChI=1S/C17H25N3O/c1-4-8-18-15(3)16-6-7-17(14(2)13-16)21-12-11-20-10-5-9-19-20/h5-7,9-10,13,15,18H,4,8,11-12H2,1-3H3. The summed E-state index contributed by atoms with van der Waals surface area (Å²) in [4.78, 5) is 0. The molecule has 21 heavy (non-hydrogen) atoms.